The molecule has 7 heteroatoms. The van der Waals surface area contributed by atoms with Crippen LogP contribution >= 0.6 is 0 Å². The molecule has 0 saturated heterocycles. The van der Waals surface area contributed by atoms with Crippen LogP contribution in [0.5, 0.6) is 0 Å². The summed E-state index contributed by atoms with van der Waals surface area (Å²) in [6.45, 7) is 2.03. The largest absolute Gasteiger partial charge is 0.481 e. The minimum Gasteiger partial charge on any atom is -0.481 e. The number of amides is 2. The minimum atomic E-state index is -0.883. The van der Waals surface area contributed by atoms with Gasteiger partial charge in [-0.3, -0.25) is 9.59 Å². The summed E-state index contributed by atoms with van der Waals surface area (Å²) in [5, 5.41) is 14.6. The highest BCUT2D eigenvalue weighted by Gasteiger charge is 2.35. The van der Waals surface area contributed by atoms with Crippen molar-refractivity contribution in [2.45, 2.75) is 57.0 Å². The molecule has 0 radical (unpaired) electrons. The number of aliphatic carboxylic acids is 1. The fourth-order valence-corrected chi connectivity index (χ4v) is 5.00. The SMILES string of the molecule is CC(CCC(=O)O)NC(=O)C1CCCC1NC(=O)OCC1c2ccccc2-c2ccccc21. The fraction of sp³-hybridized carbons (Fsp3) is 0.423. The van der Waals surface area contributed by atoms with E-state index in [9.17, 15) is 14.4 Å². The molecule has 1 saturated carbocycles. The number of carbonyl (C=O) groups is 3. The first kappa shape index (κ1) is 22.8. The molecule has 0 spiro atoms. The Morgan fingerprint density at radius 3 is 2.30 bits per heavy atom. The molecular formula is C26H30N2O5. The van der Waals surface area contributed by atoms with Crippen molar-refractivity contribution in [3.8, 4) is 11.1 Å². The molecule has 3 atom stereocenters. The van der Waals surface area contributed by atoms with E-state index in [1.807, 2.05) is 24.3 Å². The molecular weight excluding hydrogens is 420 g/mol. The standard InChI is InChI=1S/C26H30N2O5/c1-16(13-14-24(29)30)27-25(31)21-11-6-12-23(21)28-26(32)33-15-22-19-9-4-2-7-17(19)18-8-3-5-10-20(18)22/h2-5,7-10,16,21-23H,6,11-15H2,1H3,(H,27,31)(H,28,32)(H,29,30). The summed E-state index contributed by atoms with van der Waals surface area (Å²) in [5.74, 6) is -1.38. The number of nitrogens with one attached hydrogen (secondary N) is 2. The molecule has 4 rings (SSSR count). The number of alkyl carbamates (subject to hydrolysis) is 1. The number of fused-ring (bicyclic) bond motifs is 3. The van der Waals surface area contributed by atoms with Crippen LogP contribution in [-0.2, 0) is 14.3 Å². The van der Waals surface area contributed by atoms with Gasteiger partial charge in [0.05, 0.1) is 5.92 Å². The Bertz CT molecular complexity index is 991. The molecule has 0 aromatic heterocycles. The fourth-order valence-electron chi connectivity index (χ4n) is 5.00. The molecule has 3 unspecified atom stereocenters. The van der Waals surface area contributed by atoms with Gasteiger partial charge in [0.1, 0.15) is 6.61 Å². The number of carboxylic acid groups (broad SMARTS) is 1. The number of ether oxygens (including phenoxy) is 1. The van der Waals surface area contributed by atoms with Gasteiger partial charge in [0, 0.05) is 24.4 Å². The van der Waals surface area contributed by atoms with Crippen molar-refractivity contribution in [2.75, 3.05) is 6.61 Å². The van der Waals surface area contributed by atoms with Crippen LogP contribution in [0.25, 0.3) is 11.1 Å². The summed E-state index contributed by atoms with van der Waals surface area (Å²) >= 11 is 0. The van der Waals surface area contributed by atoms with Gasteiger partial charge in [0.2, 0.25) is 5.91 Å². The zero-order chi connectivity index (χ0) is 23.4. The lowest BCUT2D eigenvalue weighted by Gasteiger charge is -2.23. The maximum absolute atomic E-state index is 12.7. The zero-order valence-corrected chi connectivity index (χ0v) is 18.8. The van der Waals surface area contributed by atoms with Crippen molar-refractivity contribution in [1.29, 1.82) is 0 Å². The quantitative estimate of drug-likeness (QED) is 0.563. The van der Waals surface area contributed by atoms with Crippen LogP contribution in [0.1, 0.15) is 56.1 Å². The van der Waals surface area contributed by atoms with E-state index in [1.165, 1.54) is 11.1 Å². The Labute approximate surface area is 193 Å². The number of benzene rings is 2. The van der Waals surface area contributed by atoms with Gasteiger partial charge in [-0.05, 0) is 48.4 Å². The van der Waals surface area contributed by atoms with Crippen LogP contribution in [-0.4, -0.2) is 41.8 Å². The third kappa shape index (κ3) is 5.18. The summed E-state index contributed by atoms with van der Waals surface area (Å²) in [7, 11) is 0. The molecule has 2 aliphatic rings. The second-order valence-electron chi connectivity index (χ2n) is 8.96. The van der Waals surface area contributed by atoms with Crippen LogP contribution in [0.15, 0.2) is 48.5 Å². The molecule has 0 aliphatic heterocycles. The summed E-state index contributed by atoms with van der Waals surface area (Å²) in [6.07, 6.45) is 2.11. The molecule has 7 nitrogen and oxygen atoms in total. The first-order valence-corrected chi connectivity index (χ1v) is 11.6. The predicted octanol–water partition coefficient (Wildman–Crippen LogP) is 4.06. The van der Waals surface area contributed by atoms with Gasteiger partial charge in [-0.1, -0.05) is 55.0 Å². The van der Waals surface area contributed by atoms with Crippen LogP contribution in [0, 0.1) is 5.92 Å². The van der Waals surface area contributed by atoms with Gasteiger partial charge in [0.15, 0.2) is 0 Å². The van der Waals surface area contributed by atoms with E-state index in [0.29, 0.717) is 19.3 Å². The van der Waals surface area contributed by atoms with Gasteiger partial charge < -0.3 is 20.5 Å². The van der Waals surface area contributed by atoms with Crippen LogP contribution in [0.4, 0.5) is 4.79 Å². The molecule has 0 heterocycles. The number of hydrogen-bond acceptors (Lipinski definition) is 4. The van der Waals surface area contributed by atoms with Crippen molar-refractivity contribution in [3.05, 3.63) is 59.7 Å². The molecule has 3 N–H and O–H groups in total. The molecule has 2 aromatic rings. The number of hydrogen-bond donors (Lipinski definition) is 3. The maximum Gasteiger partial charge on any atom is 0.407 e. The summed E-state index contributed by atoms with van der Waals surface area (Å²) < 4.78 is 5.63. The number of carboxylic acids is 1. The lowest BCUT2D eigenvalue weighted by molar-refractivity contribution is -0.137. The lowest BCUT2D eigenvalue weighted by Crippen LogP contribution is -2.46. The molecule has 174 valence electrons. The normalized spacial score (nSPS) is 19.9. The van der Waals surface area contributed by atoms with Crippen LogP contribution < -0.4 is 10.6 Å². The van der Waals surface area contributed by atoms with Crippen LogP contribution in [0.3, 0.4) is 0 Å². The first-order chi connectivity index (χ1) is 15.9. The second kappa shape index (κ2) is 10.1. The third-order valence-corrected chi connectivity index (χ3v) is 6.68. The van der Waals surface area contributed by atoms with Gasteiger partial charge in [-0.25, -0.2) is 4.79 Å². The Hall–Kier alpha value is -3.35. The first-order valence-electron chi connectivity index (χ1n) is 11.6. The highest BCUT2D eigenvalue weighted by molar-refractivity contribution is 5.81. The van der Waals surface area contributed by atoms with E-state index in [0.717, 1.165) is 17.5 Å². The average Bonchev–Trinajstić information content (AvgIpc) is 3.39. The highest BCUT2D eigenvalue weighted by Crippen LogP contribution is 2.44. The molecule has 2 aromatic carbocycles. The maximum atomic E-state index is 12.7. The van der Waals surface area contributed by atoms with Gasteiger partial charge in [0.25, 0.3) is 0 Å². The van der Waals surface area contributed by atoms with E-state index < -0.39 is 12.1 Å². The van der Waals surface area contributed by atoms with Gasteiger partial charge in [-0.15, -0.1) is 0 Å². The topological polar surface area (TPSA) is 105 Å². The third-order valence-electron chi connectivity index (χ3n) is 6.68. The lowest BCUT2D eigenvalue weighted by atomic mass is 9.98. The Morgan fingerprint density at radius 1 is 1.03 bits per heavy atom. The Balaban J connectivity index is 1.32. The number of carbonyl (C=O) groups excluding carboxylic acids is 2. The minimum absolute atomic E-state index is 0.00748. The summed E-state index contributed by atoms with van der Waals surface area (Å²) in [5.41, 5.74) is 4.65. The summed E-state index contributed by atoms with van der Waals surface area (Å²) in [6, 6.07) is 15.8. The zero-order valence-electron chi connectivity index (χ0n) is 18.8. The van der Waals surface area contributed by atoms with E-state index in [-0.39, 0.29) is 42.9 Å². The molecule has 2 amide bonds. The molecule has 2 aliphatic carbocycles. The van der Waals surface area contributed by atoms with E-state index in [2.05, 4.69) is 34.9 Å². The second-order valence-corrected chi connectivity index (χ2v) is 8.96. The Morgan fingerprint density at radius 2 is 1.67 bits per heavy atom. The van der Waals surface area contributed by atoms with Crippen molar-refractivity contribution in [1.82, 2.24) is 10.6 Å². The smallest absolute Gasteiger partial charge is 0.407 e. The average molecular weight is 451 g/mol. The van der Waals surface area contributed by atoms with Crippen molar-refractivity contribution < 1.29 is 24.2 Å². The van der Waals surface area contributed by atoms with Crippen molar-refractivity contribution >= 4 is 18.0 Å². The van der Waals surface area contributed by atoms with Gasteiger partial charge in [-0.2, -0.15) is 0 Å². The molecule has 1 fully saturated rings. The predicted molar refractivity (Wildman–Crippen MR) is 124 cm³/mol. The summed E-state index contributed by atoms with van der Waals surface area (Å²) in [4.78, 5) is 36.0. The monoisotopic (exact) mass is 450 g/mol. The highest BCUT2D eigenvalue weighted by atomic mass is 16.5. The van der Waals surface area contributed by atoms with Gasteiger partial charge >= 0.3 is 12.1 Å². The molecule has 0 bridgehead atoms. The molecule has 33 heavy (non-hydrogen) atoms. The van der Waals surface area contributed by atoms with Crippen molar-refractivity contribution in [2.24, 2.45) is 5.92 Å². The van der Waals surface area contributed by atoms with E-state index >= 15 is 0 Å². The van der Waals surface area contributed by atoms with Crippen molar-refractivity contribution in [3.63, 3.8) is 0 Å². The van der Waals surface area contributed by atoms with E-state index in [4.69, 9.17) is 9.84 Å². The Kier molecular flexibility index (Phi) is 6.96. The van der Waals surface area contributed by atoms with Crippen LogP contribution in [0.2, 0.25) is 0 Å². The number of rotatable bonds is 8. The van der Waals surface area contributed by atoms with E-state index in [1.54, 1.807) is 6.92 Å².